The second-order valence-electron chi connectivity index (χ2n) is 5.78. The average Bonchev–Trinajstić information content (AvgIpc) is 3.00. The van der Waals surface area contributed by atoms with E-state index in [1.165, 1.54) is 36.5 Å². The molecule has 1 aromatic carbocycles. The number of amides is 2. The monoisotopic (exact) mass is 442 g/mol. The van der Waals surface area contributed by atoms with Crippen molar-refractivity contribution in [2.24, 2.45) is 5.10 Å². The molecule has 13 heteroatoms. The van der Waals surface area contributed by atoms with Crippen LogP contribution in [0.15, 0.2) is 52.6 Å². The second kappa shape index (κ2) is 9.91. The Morgan fingerprint density at radius 1 is 1.17 bits per heavy atom. The van der Waals surface area contributed by atoms with Gasteiger partial charge in [0, 0.05) is 24.6 Å². The van der Waals surface area contributed by atoms with Crippen LogP contribution in [0.3, 0.4) is 0 Å². The predicted octanol–water partition coefficient (Wildman–Crippen LogP) is 0.347. The van der Waals surface area contributed by atoms with Crippen molar-refractivity contribution in [3.05, 3.63) is 53.7 Å². The van der Waals surface area contributed by atoms with Gasteiger partial charge in [-0.3, -0.25) is 19.6 Å². The first-order chi connectivity index (χ1) is 13.8. The van der Waals surface area contributed by atoms with Crippen LogP contribution in [0.4, 0.5) is 5.82 Å². The molecule has 2 heterocycles. The molecule has 0 radical (unpaired) electrons. The van der Waals surface area contributed by atoms with Gasteiger partial charge in [0.25, 0.3) is 21.9 Å². The summed E-state index contributed by atoms with van der Waals surface area (Å²) in [6.07, 6.45) is 2.31. The van der Waals surface area contributed by atoms with E-state index in [0.29, 0.717) is 5.06 Å². The van der Waals surface area contributed by atoms with Crippen molar-refractivity contribution in [2.45, 2.75) is 17.7 Å². The van der Waals surface area contributed by atoms with Crippen LogP contribution >= 0.6 is 0 Å². The van der Waals surface area contributed by atoms with Crippen molar-refractivity contribution in [1.82, 2.24) is 10.0 Å². The van der Waals surface area contributed by atoms with Crippen LogP contribution in [0.2, 0.25) is 0 Å². The van der Waals surface area contributed by atoms with Crippen molar-refractivity contribution in [3.63, 3.8) is 0 Å². The number of carbonyl (C=O) groups is 3. The maximum absolute atomic E-state index is 12.0. The third-order valence-corrected chi connectivity index (χ3v) is 4.69. The number of anilines is 1. The molecule has 3 rings (SSSR count). The topological polar surface area (TPSA) is 155 Å². The normalized spacial score (nSPS) is 14.0. The molecule has 1 fully saturated rings. The van der Waals surface area contributed by atoms with Gasteiger partial charge >= 0.3 is 35.5 Å². The van der Waals surface area contributed by atoms with Crippen LogP contribution in [-0.4, -0.2) is 76.6 Å². The molecule has 1 aliphatic heterocycles. The molecule has 0 unspecified atom stereocenters. The van der Waals surface area contributed by atoms with Gasteiger partial charge < -0.3 is 4.84 Å². The van der Waals surface area contributed by atoms with Crippen molar-refractivity contribution in [3.8, 4) is 0 Å². The number of nitrogens with zero attached hydrogens (tertiary/aromatic N) is 3. The first-order valence-corrected chi connectivity index (χ1v) is 9.59. The van der Waals surface area contributed by atoms with E-state index >= 15 is 0 Å². The maximum atomic E-state index is 12.0. The van der Waals surface area contributed by atoms with E-state index in [1.54, 1.807) is 6.07 Å². The summed E-state index contributed by atoms with van der Waals surface area (Å²) in [5, 5.41) is 4.27. The molecular formula is C17H15N4NaO7S. The first-order valence-electron chi connectivity index (χ1n) is 8.15. The number of rotatable bonds is 6. The van der Waals surface area contributed by atoms with E-state index in [0.717, 1.165) is 6.20 Å². The zero-order chi connectivity index (χ0) is 21.0. The number of hydroxylamine groups is 2. The molecule has 2 aromatic rings. The van der Waals surface area contributed by atoms with Crippen molar-refractivity contribution >= 4 is 69.5 Å². The Morgan fingerprint density at radius 3 is 2.43 bits per heavy atom. The first kappa shape index (κ1) is 23.6. The van der Waals surface area contributed by atoms with E-state index in [2.05, 4.69) is 15.5 Å². The van der Waals surface area contributed by atoms with Crippen molar-refractivity contribution in [1.29, 1.82) is 0 Å². The summed E-state index contributed by atoms with van der Waals surface area (Å²) >= 11 is 0. The number of nitrogens with one attached hydrogen (secondary N) is 1. The summed E-state index contributed by atoms with van der Waals surface area (Å²) in [5.41, 5.74) is 2.69. The van der Waals surface area contributed by atoms with E-state index in [-0.39, 0.29) is 64.2 Å². The molecule has 1 aromatic heterocycles. The molecule has 0 bridgehead atoms. The van der Waals surface area contributed by atoms with Gasteiger partial charge in [0.2, 0.25) is 0 Å². The quantitative estimate of drug-likeness (QED) is 0.212. The zero-order valence-electron chi connectivity index (χ0n) is 14.7. The Hall–Kier alpha value is -2.64. The summed E-state index contributed by atoms with van der Waals surface area (Å²) in [4.78, 5) is 43.3. The van der Waals surface area contributed by atoms with Crippen molar-refractivity contribution in [2.75, 3.05) is 5.43 Å². The van der Waals surface area contributed by atoms with Gasteiger partial charge in [-0.05, 0) is 18.2 Å². The van der Waals surface area contributed by atoms with Gasteiger partial charge in [-0.1, -0.05) is 18.2 Å². The summed E-state index contributed by atoms with van der Waals surface area (Å²) in [6, 6.07) is 8.43. The second-order valence-corrected chi connectivity index (χ2v) is 7.17. The Bertz CT molecular complexity index is 1090. The zero-order valence-corrected chi connectivity index (χ0v) is 15.5. The Labute approximate surface area is 193 Å². The third kappa shape index (κ3) is 5.70. The van der Waals surface area contributed by atoms with E-state index in [4.69, 9.17) is 4.84 Å². The predicted molar refractivity (Wildman–Crippen MR) is 105 cm³/mol. The van der Waals surface area contributed by atoms with Gasteiger partial charge in [0.05, 0.1) is 11.8 Å². The van der Waals surface area contributed by atoms with Crippen LogP contribution < -0.4 is 5.43 Å². The summed E-state index contributed by atoms with van der Waals surface area (Å²) in [7, 11) is -4.40. The van der Waals surface area contributed by atoms with E-state index in [1.807, 2.05) is 0 Å². The molecule has 0 saturated carbocycles. The number of pyridine rings is 1. The number of aromatic nitrogens is 1. The Kier molecular flexibility index (Phi) is 7.81. The van der Waals surface area contributed by atoms with Crippen LogP contribution in [0, 0.1) is 0 Å². The van der Waals surface area contributed by atoms with Crippen LogP contribution in [0.25, 0.3) is 0 Å². The van der Waals surface area contributed by atoms with Crippen LogP contribution in [-0.2, 0) is 24.5 Å². The Balaban J connectivity index is 0.00000320. The number of benzene rings is 1. The average molecular weight is 442 g/mol. The Morgan fingerprint density at radius 2 is 1.83 bits per heavy atom. The van der Waals surface area contributed by atoms with Gasteiger partial charge in [-0.15, -0.1) is 5.06 Å². The summed E-state index contributed by atoms with van der Waals surface area (Å²) in [6.45, 7) is 0. The number of hydrogen-bond donors (Lipinski definition) is 2. The fourth-order valence-electron chi connectivity index (χ4n) is 2.36. The van der Waals surface area contributed by atoms with E-state index < -0.39 is 27.9 Å². The molecular weight excluding hydrogens is 427 g/mol. The van der Waals surface area contributed by atoms with Crippen molar-refractivity contribution < 1.29 is 32.2 Å². The van der Waals surface area contributed by atoms with Crippen LogP contribution in [0.5, 0.6) is 0 Å². The van der Waals surface area contributed by atoms with Gasteiger partial charge in [-0.25, -0.2) is 9.78 Å². The molecule has 2 amide bonds. The standard InChI is InChI=1S/C17H14N4O7S.Na.H/c22-15-7-8-16(23)21(15)28-17(24)12-5-6-14(18-9-12)20-19-10-11-3-1-2-4-13(11)29(25,26)27;;/h1-6,9-10H,7-8H2,(H,18,20)(H,25,26,27);;. The van der Waals surface area contributed by atoms with Crippen LogP contribution in [0.1, 0.15) is 28.8 Å². The van der Waals surface area contributed by atoms with E-state index in [9.17, 15) is 27.4 Å². The fourth-order valence-corrected chi connectivity index (χ4v) is 3.03. The minimum absolute atomic E-state index is 0. The molecule has 11 nitrogen and oxygen atoms in total. The molecule has 0 spiro atoms. The molecule has 152 valence electrons. The molecule has 0 aliphatic carbocycles. The van der Waals surface area contributed by atoms with Gasteiger partial charge in [0.1, 0.15) is 10.7 Å². The number of hydrogen-bond acceptors (Lipinski definition) is 9. The number of hydrazone groups is 1. The summed E-state index contributed by atoms with van der Waals surface area (Å²) in [5.74, 6) is -1.88. The SMILES string of the molecule is O=C(ON1C(=O)CCC1=O)c1ccc(NN=Cc2ccccc2S(=O)(=O)O)nc1.[NaH]. The molecule has 2 N–H and O–H groups in total. The molecule has 0 atom stereocenters. The molecule has 1 aliphatic rings. The van der Waals surface area contributed by atoms with Gasteiger partial charge in [-0.2, -0.15) is 13.5 Å². The third-order valence-electron chi connectivity index (χ3n) is 3.76. The number of carbonyl (C=O) groups excluding carboxylic acids is 3. The van der Waals surface area contributed by atoms with Gasteiger partial charge in [0.15, 0.2) is 0 Å². The minimum atomic E-state index is -4.40. The fraction of sp³-hybridized carbons (Fsp3) is 0.118. The molecule has 1 saturated heterocycles. The summed E-state index contributed by atoms with van der Waals surface area (Å²) < 4.78 is 31.8. The number of imide groups is 1. The molecule has 30 heavy (non-hydrogen) atoms.